The number of hydrogen-bond acceptors (Lipinski definition) is 3. The first kappa shape index (κ1) is 16.6. The second kappa shape index (κ2) is 6.85. The van der Waals surface area contributed by atoms with Crippen molar-refractivity contribution >= 4 is 17.2 Å². The Bertz CT molecular complexity index is 483. The van der Waals surface area contributed by atoms with Crippen LogP contribution in [0.15, 0.2) is 18.2 Å². The molecule has 0 saturated carbocycles. The maximum absolute atomic E-state index is 12.7. The minimum atomic E-state index is -4.19. The minimum absolute atomic E-state index is 0.117. The van der Waals surface area contributed by atoms with E-state index in [2.05, 4.69) is 4.74 Å². The molecule has 20 heavy (non-hydrogen) atoms. The number of halogens is 4. The molecular weight excluding hydrogens is 298 g/mol. The fraction of sp³-hybridized carbons (Fsp3) is 0.417. The highest BCUT2D eigenvalue weighted by atomic mass is 32.1. The summed E-state index contributed by atoms with van der Waals surface area (Å²) in [6, 6.07) is 4.64. The summed E-state index contributed by atoms with van der Waals surface area (Å²) < 4.78 is 59.0. The SMILES string of the molecule is COc1ccc(C(N)=S)cc1COCC(F)(F)C(F)F. The van der Waals surface area contributed by atoms with E-state index >= 15 is 0 Å². The molecule has 0 amide bonds. The molecule has 1 rings (SSSR count). The molecule has 0 heterocycles. The number of rotatable bonds is 7. The maximum Gasteiger partial charge on any atom is 0.330 e. The van der Waals surface area contributed by atoms with Crippen LogP contribution in [-0.4, -0.2) is 31.1 Å². The predicted molar refractivity (Wildman–Crippen MR) is 69.5 cm³/mol. The molecule has 0 aliphatic rings. The number of benzene rings is 1. The van der Waals surface area contributed by atoms with Crippen LogP contribution in [0.2, 0.25) is 0 Å². The van der Waals surface area contributed by atoms with Crippen molar-refractivity contribution in [1.29, 1.82) is 0 Å². The van der Waals surface area contributed by atoms with Gasteiger partial charge < -0.3 is 15.2 Å². The topological polar surface area (TPSA) is 44.5 Å². The van der Waals surface area contributed by atoms with Gasteiger partial charge in [0.2, 0.25) is 0 Å². The number of methoxy groups -OCH3 is 1. The molecule has 0 saturated heterocycles. The Labute approximate surface area is 118 Å². The van der Waals surface area contributed by atoms with Crippen LogP contribution in [0.5, 0.6) is 5.75 Å². The first-order valence-electron chi connectivity index (χ1n) is 5.48. The molecule has 0 radical (unpaired) electrons. The fourth-order valence-corrected chi connectivity index (χ4v) is 1.53. The molecular formula is C12H13F4NO2S. The van der Waals surface area contributed by atoms with Crippen LogP contribution in [0.3, 0.4) is 0 Å². The number of hydrogen-bond donors (Lipinski definition) is 1. The van der Waals surface area contributed by atoms with Crippen LogP contribution < -0.4 is 10.5 Å². The quantitative estimate of drug-likeness (QED) is 0.621. The minimum Gasteiger partial charge on any atom is -0.496 e. The van der Waals surface area contributed by atoms with Crippen molar-refractivity contribution in [3.05, 3.63) is 29.3 Å². The van der Waals surface area contributed by atoms with Crippen LogP contribution in [0.1, 0.15) is 11.1 Å². The Morgan fingerprint density at radius 1 is 1.40 bits per heavy atom. The smallest absolute Gasteiger partial charge is 0.330 e. The highest BCUT2D eigenvalue weighted by Crippen LogP contribution is 2.25. The summed E-state index contributed by atoms with van der Waals surface area (Å²) in [7, 11) is 1.38. The summed E-state index contributed by atoms with van der Waals surface area (Å²) in [5.74, 6) is -3.82. The van der Waals surface area contributed by atoms with Gasteiger partial charge in [-0.15, -0.1) is 0 Å². The summed E-state index contributed by atoms with van der Waals surface area (Å²) in [4.78, 5) is 0.117. The average molecular weight is 311 g/mol. The fourth-order valence-electron chi connectivity index (χ4n) is 1.40. The van der Waals surface area contributed by atoms with Gasteiger partial charge in [0.15, 0.2) is 0 Å². The molecule has 112 valence electrons. The molecule has 3 nitrogen and oxygen atoms in total. The van der Waals surface area contributed by atoms with Crippen molar-refractivity contribution in [2.45, 2.75) is 19.0 Å². The maximum atomic E-state index is 12.7. The van der Waals surface area contributed by atoms with Crippen molar-refractivity contribution in [2.24, 2.45) is 5.73 Å². The number of ether oxygens (including phenoxy) is 2. The van der Waals surface area contributed by atoms with Crippen molar-refractivity contribution in [1.82, 2.24) is 0 Å². The molecule has 1 aromatic rings. The summed E-state index contributed by atoms with van der Waals surface area (Å²) in [5, 5.41) is 0. The highest BCUT2D eigenvalue weighted by molar-refractivity contribution is 7.80. The van der Waals surface area contributed by atoms with Crippen molar-refractivity contribution in [3.8, 4) is 5.75 Å². The van der Waals surface area contributed by atoms with E-state index in [0.717, 1.165) is 0 Å². The van der Waals surface area contributed by atoms with Gasteiger partial charge in [0.05, 0.1) is 13.7 Å². The third-order valence-corrected chi connectivity index (χ3v) is 2.67. The molecule has 1 aromatic carbocycles. The molecule has 0 aromatic heterocycles. The normalized spacial score (nSPS) is 11.7. The van der Waals surface area contributed by atoms with E-state index in [4.69, 9.17) is 22.7 Å². The molecule has 0 fully saturated rings. The number of nitrogens with two attached hydrogens (primary N) is 1. The molecule has 0 unspecified atom stereocenters. The van der Waals surface area contributed by atoms with Gasteiger partial charge >= 0.3 is 12.3 Å². The Balaban J connectivity index is 2.76. The lowest BCUT2D eigenvalue weighted by molar-refractivity contribution is -0.168. The zero-order chi connectivity index (χ0) is 15.3. The molecule has 8 heteroatoms. The van der Waals surface area contributed by atoms with E-state index in [0.29, 0.717) is 16.9 Å². The Morgan fingerprint density at radius 2 is 2.05 bits per heavy atom. The first-order chi connectivity index (χ1) is 9.27. The highest BCUT2D eigenvalue weighted by Gasteiger charge is 2.40. The number of alkyl halides is 4. The largest absolute Gasteiger partial charge is 0.496 e. The van der Waals surface area contributed by atoms with Crippen LogP contribution in [0, 0.1) is 0 Å². The monoisotopic (exact) mass is 311 g/mol. The van der Waals surface area contributed by atoms with Crippen molar-refractivity contribution < 1.29 is 27.0 Å². The predicted octanol–water partition coefficient (Wildman–Crippen LogP) is 2.75. The van der Waals surface area contributed by atoms with Crippen LogP contribution in [-0.2, 0) is 11.3 Å². The Kier molecular flexibility index (Phi) is 5.70. The standard InChI is InChI=1S/C12H13F4NO2S/c1-18-9-3-2-7(10(17)20)4-8(9)5-19-6-12(15,16)11(13)14/h2-4,11H,5-6H2,1H3,(H2,17,20). The lowest BCUT2D eigenvalue weighted by Crippen LogP contribution is -2.32. The summed E-state index contributed by atoms with van der Waals surface area (Å²) in [6.45, 7) is -1.70. The van der Waals surface area contributed by atoms with Gasteiger partial charge in [0.1, 0.15) is 17.3 Å². The summed E-state index contributed by atoms with van der Waals surface area (Å²) in [5.41, 5.74) is 6.33. The molecule has 0 bridgehead atoms. The van der Waals surface area contributed by atoms with E-state index in [9.17, 15) is 17.6 Å². The third-order valence-electron chi connectivity index (χ3n) is 2.44. The summed E-state index contributed by atoms with van der Waals surface area (Å²) >= 11 is 4.78. The Hall–Kier alpha value is -1.41. The molecule has 0 aliphatic carbocycles. The zero-order valence-electron chi connectivity index (χ0n) is 10.5. The van der Waals surface area contributed by atoms with Gasteiger partial charge in [0.25, 0.3) is 0 Å². The van der Waals surface area contributed by atoms with Gasteiger partial charge in [-0.2, -0.15) is 8.78 Å². The van der Waals surface area contributed by atoms with Gasteiger partial charge in [-0.1, -0.05) is 12.2 Å². The van der Waals surface area contributed by atoms with Gasteiger partial charge in [-0.3, -0.25) is 0 Å². The number of thiocarbonyl (C=S) groups is 1. The molecule has 0 spiro atoms. The Morgan fingerprint density at radius 3 is 2.55 bits per heavy atom. The van der Waals surface area contributed by atoms with Gasteiger partial charge in [0, 0.05) is 11.1 Å². The first-order valence-corrected chi connectivity index (χ1v) is 5.89. The molecule has 2 N–H and O–H groups in total. The second-order valence-electron chi connectivity index (χ2n) is 3.95. The van der Waals surface area contributed by atoms with Crippen molar-refractivity contribution in [3.63, 3.8) is 0 Å². The van der Waals surface area contributed by atoms with E-state index in [1.165, 1.54) is 13.2 Å². The van der Waals surface area contributed by atoms with Crippen LogP contribution >= 0.6 is 12.2 Å². The average Bonchev–Trinajstić information content (AvgIpc) is 2.38. The van der Waals surface area contributed by atoms with Crippen molar-refractivity contribution in [2.75, 3.05) is 13.7 Å². The molecule has 0 atom stereocenters. The van der Waals surface area contributed by atoms with E-state index in [1.54, 1.807) is 12.1 Å². The van der Waals surface area contributed by atoms with Crippen LogP contribution in [0.4, 0.5) is 17.6 Å². The third kappa shape index (κ3) is 4.31. The molecule has 0 aliphatic heterocycles. The van der Waals surface area contributed by atoms with E-state index in [-0.39, 0.29) is 11.6 Å². The van der Waals surface area contributed by atoms with Gasteiger partial charge in [-0.05, 0) is 18.2 Å². The van der Waals surface area contributed by atoms with Gasteiger partial charge in [-0.25, -0.2) is 8.78 Å². The lowest BCUT2D eigenvalue weighted by atomic mass is 10.1. The summed E-state index contributed by atoms with van der Waals surface area (Å²) in [6.07, 6.45) is -3.77. The zero-order valence-corrected chi connectivity index (χ0v) is 11.4. The van der Waals surface area contributed by atoms with E-state index < -0.39 is 19.0 Å². The second-order valence-corrected chi connectivity index (χ2v) is 4.39. The lowest BCUT2D eigenvalue weighted by Gasteiger charge is -2.16. The van der Waals surface area contributed by atoms with Crippen LogP contribution in [0.25, 0.3) is 0 Å². The van der Waals surface area contributed by atoms with E-state index in [1.807, 2.05) is 0 Å².